The van der Waals surface area contributed by atoms with E-state index >= 15 is 0 Å². The molecular weight excluding hydrogens is 159 g/mol. The van der Waals surface area contributed by atoms with Crippen molar-refractivity contribution in [1.29, 1.82) is 0 Å². The molecule has 1 saturated heterocycles. The Morgan fingerprint density at radius 1 is 1.64 bits per heavy atom. The van der Waals surface area contributed by atoms with Crippen LogP contribution < -0.4 is 0 Å². The summed E-state index contributed by atoms with van der Waals surface area (Å²) in [6.07, 6.45) is 2.74. The topological polar surface area (TPSA) is 60.4 Å². The van der Waals surface area contributed by atoms with Crippen molar-refractivity contribution in [3.8, 4) is 0 Å². The summed E-state index contributed by atoms with van der Waals surface area (Å²) in [5, 5.41) is 0. The van der Waals surface area contributed by atoms with Gasteiger partial charge in [0.15, 0.2) is 0 Å². The van der Waals surface area contributed by atoms with Crippen molar-refractivity contribution >= 4 is 43.2 Å². The summed E-state index contributed by atoms with van der Waals surface area (Å²) in [6.45, 7) is 0.638. The van der Waals surface area contributed by atoms with E-state index < -0.39 is 3.03 Å². The third-order valence-electron chi connectivity index (χ3n) is 0.932. The van der Waals surface area contributed by atoms with Crippen LogP contribution in [-0.2, 0) is 19.1 Å². The second-order valence-corrected chi connectivity index (χ2v) is 2.89. The molecule has 1 aliphatic rings. The van der Waals surface area contributed by atoms with Crippen LogP contribution in [-0.4, -0.2) is 49.8 Å². The first-order valence-electron chi connectivity index (χ1n) is 3.21. The summed E-state index contributed by atoms with van der Waals surface area (Å²) < 4.78 is 4.10. The zero-order chi connectivity index (χ0) is 8.69. The fourth-order valence-corrected chi connectivity index (χ4v) is 0.475. The van der Waals surface area contributed by atoms with E-state index in [0.717, 1.165) is 6.42 Å². The fourth-order valence-electron chi connectivity index (χ4n) is 0.475. The number of ether oxygens (including phenoxy) is 1. The normalized spacial score (nSPS) is 14.5. The molecule has 0 spiro atoms. The van der Waals surface area contributed by atoms with Gasteiger partial charge in [-0.25, -0.2) is 0 Å². The Balaban J connectivity index is 0.000000187. The molecule has 0 N–H and O–H groups in total. The predicted molar refractivity (Wildman–Crippen MR) is 36.6 cm³/mol. The van der Waals surface area contributed by atoms with Gasteiger partial charge in [0.05, 0.1) is 6.61 Å². The molecule has 1 aliphatic heterocycles. The van der Waals surface area contributed by atoms with Crippen molar-refractivity contribution in [1.82, 2.24) is 0 Å². The molecule has 0 aromatic carbocycles. The molecule has 0 atom stereocenters. The molecule has 0 aromatic heterocycles. The monoisotopic (exact) mass is 165 g/mol. The van der Waals surface area contributed by atoms with E-state index in [-0.39, 0.29) is 5.97 Å². The Hall–Kier alpha value is -0.190. The van der Waals surface area contributed by atoms with Crippen LogP contribution in [0.3, 0.4) is 0 Å². The van der Waals surface area contributed by atoms with Gasteiger partial charge < -0.3 is 4.74 Å². The number of cyclic esters (lactones) is 1. The molecule has 55 valence electrons. The van der Waals surface area contributed by atoms with Crippen LogP contribution in [0.4, 0.5) is 0 Å². The van der Waals surface area contributed by atoms with Crippen LogP contribution in [0, 0.1) is 0 Å². The van der Waals surface area contributed by atoms with Crippen molar-refractivity contribution in [2.24, 2.45) is 0 Å². The third-order valence-corrected chi connectivity index (χ3v) is 1.14. The summed E-state index contributed by atoms with van der Waals surface area (Å²) in [4.78, 5) is 28.5. The van der Waals surface area contributed by atoms with E-state index in [0.29, 0.717) is 41.0 Å². The van der Waals surface area contributed by atoms with E-state index in [1.54, 1.807) is 0 Å². The van der Waals surface area contributed by atoms with Crippen LogP contribution in [0.25, 0.3) is 0 Å². The third kappa shape index (κ3) is 7.71. The first-order chi connectivity index (χ1) is 5.16. The fraction of sp³-hybridized carbons (Fsp3) is 0.500. The molecule has 0 aromatic rings. The molecule has 11 heavy (non-hydrogen) atoms. The Labute approximate surface area is 81.7 Å². The molecule has 1 rings (SSSR count). The number of hydrogen-bond acceptors (Lipinski definition) is 4. The summed E-state index contributed by atoms with van der Waals surface area (Å²) in [6, 6.07) is 0. The molecule has 1 heterocycles. The van der Waals surface area contributed by atoms with Gasteiger partial charge in [0.25, 0.3) is 0 Å². The van der Waals surface area contributed by atoms with Crippen molar-refractivity contribution in [2.45, 2.75) is 12.8 Å². The van der Waals surface area contributed by atoms with Gasteiger partial charge in [0.1, 0.15) is 0 Å². The Kier molecular flexibility index (Phi) is 6.40. The average Bonchev–Trinajstić information content (AvgIpc) is 2.41. The molecule has 0 amide bonds. The number of rotatable bonds is 1. The summed E-state index contributed by atoms with van der Waals surface area (Å²) >= 11 is 0.307. The van der Waals surface area contributed by atoms with Crippen molar-refractivity contribution in [3.05, 3.63) is 0 Å². The van der Waals surface area contributed by atoms with Gasteiger partial charge in [-0.15, -0.1) is 0 Å². The second kappa shape index (κ2) is 6.52. The van der Waals surface area contributed by atoms with Gasteiger partial charge in [0, 0.05) is 6.42 Å². The van der Waals surface area contributed by atoms with Crippen molar-refractivity contribution < 1.29 is 19.1 Å². The van der Waals surface area contributed by atoms with Crippen LogP contribution in [0.2, 0.25) is 0 Å². The first kappa shape index (κ1) is 10.8. The quantitative estimate of drug-likeness (QED) is 0.287. The van der Waals surface area contributed by atoms with E-state index in [9.17, 15) is 9.59 Å². The van der Waals surface area contributed by atoms with E-state index in [1.807, 2.05) is 0 Å². The number of esters is 1. The SMILES string of the molecule is O=C1CCCO1.O=[C][C](=O)[Na]. The van der Waals surface area contributed by atoms with Crippen molar-refractivity contribution in [2.75, 3.05) is 6.61 Å². The number of hydrogen-bond donors (Lipinski definition) is 0. The summed E-state index contributed by atoms with van der Waals surface area (Å²) in [5.41, 5.74) is 0. The molecule has 0 bridgehead atoms. The number of carbonyl (C=O) groups excluding carboxylic acids is 3. The number of carbonyl (C=O) groups is 2. The van der Waals surface area contributed by atoms with Gasteiger partial charge in [0.2, 0.25) is 0 Å². The Morgan fingerprint density at radius 3 is 2.27 bits per heavy atom. The van der Waals surface area contributed by atoms with Crippen LogP contribution in [0.1, 0.15) is 12.8 Å². The van der Waals surface area contributed by atoms with Gasteiger partial charge >= 0.3 is 52.8 Å². The van der Waals surface area contributed by atoms with Crippen molar-refractivity contribution in [3.63, 3.8) is 0 Å². The zero-order valence-electron chi connectivity index (χ0n) is 6.25. The zero-order valence-corrected chi connectivity index (χ0v) is 8.25. The second-order valence-electron chi connectivity index (χ2n) is 1.98. The first-order valence-corrected chi connectivity index (χ1v) is 4.21. The van der Waals surface area contributed by atoms with E-state index in [1.165, 1.54) is 6.29 Å². The molecule has 0 unspecified atom stereocenters. The standard InChI is InChI=1S/C4H6O2.C2O2.Na/c5-4-2-1-3-6-4;3-1-2-4;/h1-3H2;;. The summed E-state index contributed by atoms with van der Waals surface area (Å²) in [5.74, 6) is -0.0463. The molecule has 0 saturated carbocycles. The van der Waals surface area contributed by atoms with Crippen LogP contribution in [0.5, 0.6) is 0 Å². The average molecular weight is 165 g/mol. The summed E-state index contributed by atoms with van der Waals surface area (Å²) in [7, 11) is 0. The molecule has 0 aliphatic carbocycles. The minimum atomic E-state index is -0.412. The van der Waals surface area contributed by atoms with Crippen LogP contribution >= 0.6 is 0 Å². The van der Waals surface area contributed by atoms with E-state index in [4.69, 9.17) is 4.79 Å². The van der Waals surface area contributed by atoms with Crippen LogP contribution in [0.15, 0.2) is 0 Å². The van der Waals surface area contributed by atoms with Gasteiger partial charge in [-0.1, -0.05) is 0 Å². The van der Waals surface area contributed by atoms with Gasteiger partial charge in [-0.05, 0) is 6.42 Å². The molecule has 4 nitrogen and oxygen atoms in total. The Bertz CT molecular complexity index is 158. The predicted octanol–water partition coefficient (Wildman–Crippen LogP) is -0.885. The molecule has 1 fully saturated rings. The van der Waals surface area contributed by atoms with Gasteiger partial charge in [-0.3, -0.25) is 4.79 Å². The van der Waals surface area contributed by atoms with E-state index in [2.05, 4.69) is 4.74 Å². The molecular formula is C6H6NaO4. The maximum absolute atomic E-state index is 10.0. The maximum atomic E-state index is 10.0. The minimum absolute atomic E-state index is 0.0463. The Morgan fingerprint density at radius 2 is 2.18 bits per heavy atom. The molecule has 1 radical (unpaired) electrons. The molecule has 5 heteroatoms. The van der Waals surface area contributed by atoms with Gasteiger partial charge in [-0.2, -0.15) is 0 Å².